The molecule has 0 unspecified atom stereocenters. The number of benzene rings is 4. The zero-order valence-corrected chi connectivity index (χ0v) is 20.4. The van der Waals surface area contributed by atoms with Crippen molar-refractivity contribution in [2.24, 2.45) is 5.10 Å². The van der Waals surface area contributed by atoms with Crippen LogP contribution in [0.1, 0.15) is 22.3 Å². The molecule has 1 amide bonds. The molecule has 0 aliphatic rings. The Labute approximate surface area is 214 Å². The molecule has 0 saturated heterocycles. The van der Waals surface area contributed by atoms with E-state index in [-0.39, 0.29) is 6.61 Å². The number of rotatable bonds is 9. The van der Waals surface area contributed by atoms with Gasteiger partial charge in [-0.05, 0) is 41.0 Å². The minimum atomic E-state index is -1.91. The first-order valence-corrected chi connectivity index (χ1v) is 11.6. The fourth-order valence-corrected chi connectivity index (χ4v) is 3.88. The monoisotopic (exact) mass is 500 g/mol. The van der Waals surface area contributed by atoms with Gasteiger partial charge in [0.2, 0.25) is 0 Å². The van der Waals surface area contributed by atoms with Crippen LogP contribution in [0.25, 0.3) is 0 Å². The minimum Gasteiger partial charge on any atom is -0.493 e. The van der Waals surface area contributed by atoms with Gasteiger partial charge in [0.05, 0.1) is 13.3 Å². The Morgan fingerprint density at radius 1 is 0.917 bits per heavy atom. The number of methoxy groups -OCH3 is 1. The highest BCUT2D eigenvalue weighted by Crippen LogP contribution is 2.31. The fraction of sp³-hybridized carbons (Fsp3) is 0.103. The van der Waals surface area contributed by atoms with E-state index in [9.17, 15) is 9.90 Å². The molecule has 4 aromatic rings. The number of carbonyl (C=O) groups is 1. The lowest BCUT2D eigenvalue weighted by molar-refractivity contribution is -0.136. The molecule has 4 aromatic carbocycles. The van der Waals surface area contributed by atoms with Crippen LogP contribution < -0.4 is 14.9 Å². The van der Waals surface area contributed by atoms with E-state index in [0.29, 0.717) is 33.2 Å². The normalized spacial score (nSPS) is 11.3. The predicted molar refractivity (Wildman–Crippen MR) is 140 cm³/mol. The van der Waals surface area contributed by atoms with Crippen LogP contribution in [0.4, 0.5) is 0 Å². The summed E-state index contributed by atoms with van der Waals surface area (Å²) >= 11 is 6.20. The van der Waals surface area contributed by atoms with E-state index in [1.54, 1.807) is 73.8 Å². The Morgan fingerprint density at radius 2 is 1.53 bits per heavy atom. The maximum Gasteiger partial charge on any atom is 0.281 e. The van der Waals surface area contributed by atoms with Crippen molar-refractivity contribution in [1.29, 1.82) is 0 Å². The van der Waals surface area contributed by atoms with Gasteiger partial charge in [0.1, 0.15) is 6.61 Å². The molecule has 0 spiro atoms. The van der Waals surface area contributed by atoms with Gasteiger partial charge >= 0.3 is 0 Å². The average Bonchev–Trinajstić information content (AvgIpc) is 2.93. The predicted octanol–water partition coefficient (Wildman–Crippen LogP) is 5.31. The van der Waals surface area contributed by atoms with Crippen molar-refractivity contribution >= 4 is 23.7 Å². The fourth-order valence-electron chi connectivity index (χ4n) is 3.69. The zero-order chi connectivity index (χ0) is 25.4. The van der Waals surface area contributed by atoms with E-state index in [1.165, 1.54) is 6.21 Å². The molecule has 0 aliphatic heterocycles. The molecule has 0 atom stereocenters. The maximum absolute atomic E-state index is 13.2. The van der Waals surface area contributed by atoms with Crippen LogP contribution in [-0.2, 0) is 17.0 Å². The van der Waals surface area contributed by atoms with Gasteiger partial charge in [0.25, 0.3) is 5.91 Å². The first-order chi connectivity index (χ1) is 17.5. The summed E-state index contributed by atoms with van der Waals surface area (Å²) < 4.78 is 11.3. The third kappa shape index (κ3) is 5.57. The topological polar surface area (TPSA) is 80.2 Å². The van der Waals surface area contributed by atoms with Crippen LogP contribution in [0.2, 0.25) is 5.02 Å². The SMILES string of the molecule is COc1cc(C=NNC(=O)C(O)(c2ccccc2)c2ccccc2)ccc1OCc1ccccc1Cl. The molecule has 0 fully saturated rings. The van der Waals surface area contributed by atoms with Crippen LogP contribution in [0.15, 0.2) is 108 Å². The van der Waals surface area contributed by atoms with Crippen LogP contribution in [-0.4, -0.2) is 24.3 Å². The summed E-state index contributed by atoms with van der Waals surface area (Å²) in [4.78, 5) is 13.2. The van der Waals surface area contributed by atoms with Crippen molar-refractivity contribution in [2.45, 2.75) is 12.2 Å². The number of hydrogen-bond acceptors (Lipinski definition) is 5. The molecule has 0 heterocycles. The molecular formula is C29H25ClN2O4. The lowest BCUT2D eigenvalue weighted by atomic mass is 9.85. The lowest BCUT2D eigenvalue weighted by Crippen LogP contribution is -2.43. The number of amides is 1. The standard InChI is InChI=1S/C29H25ClN2O4/c1-35-27-18-21(16-17-26(27)36-20-22-10-8-9-15-25(22)30)19-31-32-28(33)29(34,23-11-4-2-5-12-23)24-13-6-3-7-14-24/h2-19,34H,20H2,1H3,(H,32,33). The molecule has 2 N–H and O–H groups in total. The van der Waals surface area contributed by atoms with Crippen molar-refractivity contribution in [3.63, 3.8) is 0 Å². The largest absolute Gasteiger partial charge is 0.493 e. The lowest BCUT2D eigenvalue weighted by Gasteiger charge is -2.27. The highest BCUT2D eigenvalue weighted by atomic mass is 35.5. The highest BCUT2D eigenvalue weighted by Gasteiger charge is 2.39. The van der Waals surface area contributed by atoms with Gasteiger partial charge in [-0.3, -0.25) is 4.79 Å². The van der Waals surface area contributed by atoms with Gasteiger partial charge in [0.15, 0.2) is 17.1 Å². The Morgan fingerprint density at radius 3 is 2.14 bits per heavy atom. The van der Waals surface area contributed by atoms with E-state index in [4.69, 9.17) is 21.1 Å². The van der Waals surface area contributed by atoms with E-state index >= 15 is 0 Å². The summed E-state index contributed by atoms with van der Waals surface area (Å²) in [6, 6.07) is 30.2. The van der Waals surface area contributed by atoms with Crippen molar-refractivity contribution in [3.05, 3.63) is 130 Å². The Hall–Kier alpha value is -4.13. The van der Waals surface area contributed by atoms with E-state index in [0.717, 1.165) is 5.56 Å². The van der Waals surface area contributed by atoms with Gasteiger partial charge in [-0.1, -0.05) is 90.5 Å². The third-order valence-corrected chi connectivity index (χ3v) is 5.99. The van der Waals surface area contributed by atoms with Gasteiger partial charge in [-0.2, -0.15) is 5.10 Å². The number of aliphatic hydroxyl groups is 1. The van der Waals surface area contributed by atoms with E-state index < -0.39 is 11.5 Å². The molecule has 182 valence electrons. The van der Waals surface area contributed by atoms with Crippen molar-refractivity contribution in [1.82, 2.24) is 5.43 Å². The van der Waals surface area contributed by atoms with Crippen LogP contribution in [0.5, 0.6) is 11.5 Å². The Kier molecular flexibility index (Phi) is 8.00. The third-order valence-electron chi connectivity index (χ3n) is 5.62. The summed E-state index contributed by atoms with van der Waals surface area (Å²) in [5.74, 6) is 0.367. The summed E-state index contributed by atoms with van der Waals surface area (Å²) in [6.45, 7) is 0.289. The summed E-state index contributed by atoms with van der Waals surface area (Å²) in [5, 5.41) is 16.2. The molecule has 7 heteroatoms. The molecule has 6 nitrogen and oxygen atoms in total. The van der Waals surface area contributed by atoms with Gasteiger partial charge in [-0.15, -0.1) is 0 Å². The highest BCUT2D eigenvalue weighted by molar-refractivity contribution is 6.31. The molecule has 0 aliphatic carbocycles. The van der Waals surface area contributed by atoms with Crippen molar-refractivity contribution in [2.75, 3.05) is 7.11 Å². The molecule has 0 saturated carbocycles. The Balaban J connectivity index is 1.49. The number of hydrogen-bond donors (Lipinski definition) is 2. The maximum atomic E-state index is 13.2. The first-order valence-electron chi connectivity index (χ1n) is 11.2. The van der Waals surface area contributed by atoms with Gasteiger partial charge < -0.3 is 14.6 Å². The quantitative estimate of drug-likeness (QED) is 0.241. The zero-order valence-electron chi connectivity index (χ0n) is 19.6. The smallest absolute Gasteiger partial charge is 0.281 e. The van der Waals surface area contributed by atoms with Crippen molar-refractivity contribution < 1.29 is 19.4 Å². The number of ether oxygens (including phenoxy) is 2. The second-order valence-corrected chi connectivity index (χ2v) is 8.34. The van der Waals surface area contributed by atoms with Crippen LogP contribution in [0.3, 0.4) is 0 Å². The number of nitrogens with zero attached hydrogens (tertiary/aromatic N) is 1. The summed E-state index contributed by atoms with van der Waals surface area (Å²) in [6.07, 6.45) is 1.47. The molecule has 36 heavy (non-hydrogen) atoms. The number of nitrogens with one attached hydrogen (secondary N) is 1. The number of carbonyl (C=O) groups excluding carboxylic acids is 1. The molecule has 4 rings (SSSR count). The molecule has 0 aromatic heterocycles. The molecule has 0 bridgehead atoms. The number of hydrazone groups is 1. The Bertz CT molecular complexity index is 1300. The second-order valence-electron chi connectivity index (χ2n) is 7.93. The minimum absolute atomic E-state index is 0.289. The van der Waals surface area contributed by atoms with Gasteiger partial charge in [0, 0.05) is 10.6 Å². The summed E-state index contributed by atoms with van der Waals surface area (Å²) in [7, 11) is 1.54. The number of halogens is 1. The summed E-state index contributed by atoms with van der Waals surface area (Å²) in [5.41, 5.74) is 2.96. The van der Waals surface area contributed by atoms with Crippen LogP contribution >= 0.6 is 11.6 Å². The van der Waals surface area contributed by atoms with E-state index in [1.807, 2.05) is 36.4 Å². The van der Waals surface area contributed by atoms with Crippen LogP contribution in [0, 0.1) is 0 Å². The van der Waals surface area contributed by atoms with E-state index in [2.05, 4.69) is 10.5 Å². The first kappa shape index (κ1) is 25.0. The second kappa shape index (κ2) is 11.5. The molecular weight excluding hydrogens is 476 g/mol. The van der Waals surface area contributed by atoms with Crippen molar-refractivity contribution in [3.8, 4) is 11.5 Å². The average molecular weight is 501 g/mol. The molecule has 0 radical (unpaired) electrons. The van der Waals surface area contributed by atoms with Gasteiger partial charge in [-0.25, -0.2) is 5.43 Å².